The van der Waals surface area contributed by atoms with Gasteiger partial charge in [0.05, 0.1) is 0 Å². The Kier molecular flexibility index (Phi) is 6.70. The van der Waals surface area contributed by atoms with E-state index < -0.39 is 0 Å². The summed E-state index contributed by atoms with van der Waals surface area (Å²) in [6.45, 7) is 5.12. The fraction of sp³-hybridized carbons (Fsp3) is 0.929. The number of carbonyl (C=O) groups is 1. The minimum atomic E-state index is -0.0730. The number of hydrogen-bond donors (Lipinski definition) is 0. The molecule has 2 heteroatoms. The maximum atomic E-state index is 12.1. The molecule has 0 saturated carbocycles. The lowest BCUT2D eigenvalue weighted by Crippen LogP contribution is -2.27. The second kappa shape index (κ2) is 7.83. The van der Waals surface area contributed by atoms with E-state index in [1.54, 1.807) is 0 Å². The average molecular weight is 226 g/mol. The third-order valence-electron chi connectivity index (χ3n) is 3.55. The van der Waals surface area contributed by atoms with Gasteiger partial charge < -0.3 is 4.74 Å². The van der Waals surface area contributed by atoms with Gasteiger partial charge in [-0.25, -0.2) is 0 Å². The Bertz CT molecular complexity index is 195. The average Bonchev–Trinajstić information content (AvgIpc) is 2.82. The summed E-state index contributed by atoms with van der Waals surface area (Å²) in [5.41, 5.74) is 0. The summed E-state index contributed by atoms with van der Waals surface area (Å²) in [7, 11) is 0. The number of Topliss-reactive ketones (excluding diaryl/α,β-unsaturated/α-hetero) is 1. The Morgan fingerprint density at radius 3 is 2.69 bits per heavy atom. The molecule has 0 aliphatic carbocycles. The first-order chi connectivity index (χ1) is 7.79. The molecule has 94 valence electrons. The van der Waals surface area contributed by atoms with Crippen LogP contribution in [0.15, 0.2) is 0 Å². The van der Waals surface area contributed by atoms with Crippen LogP contribution in [-0.4, -0.2) is 18.5 Å². The van der Waals surface area contributed by atoms with E-state index in [2.05, 4.69) is 13.8 Å². The molecule has 0 N–H and O–H groups in total. The fourth-order valence-corrected chi connectivity index (χ4v) is 2.43. The van der Waals surface area contributed by atoms with Crippen molar-refractivity contribution in [3.63, 3.8) is 0 Å². The molecule has 16 heavy (non-hydrogen) atoms. The van der Waals surface area contributed by atoms with Crippen LogP contribution in [0.4, 0.5) is 0 Å². The molecule has 1 heterocycles. The molecule has 0 aromatic carbocycles. The molecule has 1 aliphatic rings. The normalized spacial score (nSPS) is 22.2. The first kappa shape index (κ1) is 13.7. The van der Waals surface area contributed by atoms with Crippen LogP contribution in [0.2, 0.25) is 0 Å². The van der Waals surface area contributed by atoms with Crippen LogP contribution in [0, 0.1) is 5.92 Å². The number of unbranched alkanes of at least 4 members (excludes halogenated alkanes) is 3. The van der Waals surface area contributed by atoms with E-state index in [0.29, 0.717) is 5.78 Å². The van der Waals surface area contributed by atoms with Gasteiger partial charge in [0.25, 0.3) is 0 Å². The van der Waals surface area contributed by atoms with Crippen molar-refractivity contribution in [1.82, 2.24) is 0 Å². The highest BCUT2D eigenvalue weighted by Crippen LogP contribution is 2.22. The molecule has 0 radical (unpaired) electrons. The highest BCUT2D eigenvalue weighted by Gasteiger charge is 2.28. The number of rotatable bonds is 8. The van der Waals surface area contributed by atoms with Crippen molar-refractivity contribution in [3.05, 3.63) is 0 Å². The molecule has 0 bridgehead atoms. The smallest absolute Gasteiger partial charge is 0.164 e. The molecular formula is C14H26O2. The Balaban J connectivity index is 2.25. The molecular weight excluding hydrogens is 200 g/mol. The minimum Gasteiger partial charge on any atom is -0.370 e. The largest absolute Gasteiger partial charge is 0.370 e. The molecule has 0 amide bonds. The van der Waals surface area contributed by atoms with Crippen LogP contribution >= 0.6 is 0 Å². The topological polar surface area (TPSA) is 26.3 Å². The lowest BCUT2D eigenvalue weighted by atomic mass is 9.90. The van der Waals surface area contributed by atoms with Crippen LogP contribution in [0.3, 0.4) is 0 Å². The molecule has 2 atom stereocenters. The molecule has 1 rings (SSSR count). The second-order valence-corrected chi connectivity index (χ2v) is 4.86. The summed E-state index contributed by atoms with van der Waals surface area (Å²) in [4.78, 5) is 12.1. The van der Waals surface area contributed by atoms with Gasteiger partial charge in [-0.1, -0.05) is 39.5 Å². The zero-order valence-corrected chi connectivity index (χ0v) is 10.8. The van der Waals surface area contributed by atoms with Gasteiger partial charge in [-0.05, 0) is 25.7 Å². The first-order valence-corrected chi connectivity index (χ1v) is 6.94. The van der Waals surface area contributed by atoms with Crippen molar-refractivity contribution in [2.24, 2.45) is 5.92 Å². The summed E-state index contributed by atoms with van der Waals surface area (Å²) in [6.07, 6.45) is 9.00. The summed E-state index contributed by atoms with van der Waals surface area (Å²) in [6, 6.07) is 0. The molecule has 1 fully saturated rings. The number of ketones is 1. The van der Waals surface area contributed by atoms with Gasteiger partial charge in [-0.2, -0.15) is 0 Å². The van der Waals surface area contributed by atoms with Crippen molar-refractivity contribution in [2.75, 3.05) is 6.61 Å². The van der Waals surface area contributed by atoms with Gasteiger partial charge in [0.15, 0.2) is 5.78 Å². The number of hydrogen-bond acceptors (Lipinski definition) is 2. The fourth-order valence-electron chi connectivity index (χ4n) is 2.43. The quantitative estimate of drug-likeness (QED) is 0.589. The summed E-state index contributed by atoms with van der Waals surface area (Å²) in [5.74, 6) is 0.622. The predicted molar refractivity (Wildman–Crippen MR) is 66.5 cm³/mol. The highest BCUT2D eigenvalue weighted by atomic mass is 16.5. The van der Waals surface area contributed by atoms with Crippen molar-refractivity contribution in [3.8, 4) is 0 Å². The summed E-state index contributed by atoms with van der Waals surface area (Å²) < 4.78 is 5.48. The third-order valence-corrected chi connectivity index (χ3v) is 3.55. The lowest BCUT2D eigenvalue weighted by Gasteiger charge is -2.17. The predicted octanol–water partition coefficient (Wildman–Crippen LogP) is 3.73. The van der Waals surface area contributed by atoms with Gasteiger partial charge >= 0.3 is 0 Å². The van der Waals surface area contributed by atoms with Gasteiger partial charge in [0, 0.05) is 12.5 Å². The van der Waals surface area contributed by atoms with E-state index in [1.165, 1.54) is 25.7 Å². The van der Waals surface area contributed by atoms with Crippen LogP contribution in [0.5, 0.6) is 0 Å². The standard InChI is InChI=1S/C14H26O2/c1-3-5-6-7-9-12(4-2)14(15)13-10-8-11-16-13/h12-13H,3-11H2,1-2H3/t12?,13-/m1/s1. The van der Waals surface area contributed by atoms with E-state index in [-0.39, 0.29) is 12.0 Å². The molecule has 1 saturated heterocycles. The Morgan fingerprint density at radius 1 is 1.31 bits per heavy atom. The van der Waals surface area contributed by atoms with Crippen LogP contribution < -0.4 is 0 Å². The van der Waals surface area contributed by atoms with E-state index in [9.17, 15) is 4.79 Å². The summed E-state index contributed by atoms with van der Waals surface area (Å²) >= 11 is 0. The highest BCUT2D eigenvalue weighted by molar-refractivity contribution is 5.85. The van der Waals surface area contributed by atoms with E-state index in [4.69, 9.17) is 4.74 Å². The van der Waals surface area contributed by atoms with Crippen LogP contribution in [0.1, 0.15) is 65.2 Å². The molecule has 1 aliphatic heterocycles. The maximum Gasteiger partial charge on any atom is 0.164 e. The Labute approximate surface area is 99.8 Å². The zero-order chi connectivity index (χ0) is 11.8. The van der Waals surface area contributed by atoms with Crippen molar-refractivity contribution in [2.45, 2.75) is 71.3 Å². The van der Waals surface area contributed by atoms with Gasteiger partial charge in [0.1, 0.15) is 6.10 Å². The minimum absolute atomic E-state index is 0.0730. The number of ether oxygens (including phenoxy) is 1. The van der Waals surface area contributed by atoms with E-state index in [1.807, 2.05) is 0 Å². The second-order valence-electron chi connectivity index (χ2n) is 4.86. The molecule has 1 unspecified atom stereocenters. The Hall–Kier alpha value is -0.370. The van der Waals surface area contributed by atoms with Crippen LogP contribution in [0.25, 0.3) is 0 Å². The zero-order valence-electron chi connectivity index (χ0n) is 10.8. The molecule has 0 spiro atoms. The molecule has 2 nitrogen and oxygen atoms in total. The van der Waals surface area contributed by atoms with Gasteiger partial charge in [-0.15, -0.1) is 0 Å². The van der Waals surface area contributed by atoms with Crippen LogP contribution in [-0.2, 0) is 9.53 Å². The van der Waals surface area contributed by atoms with E-state index >= 15 is 0 Å². The lowest BCUT2D eigenvalue weighted by molar-refractivity contribution is -0.132. The Morgan fingerprint density at radius 2 is 2.12 bits per heavy atom. The third kappa shape index (κ3) is 4.25. The number of carbonyl (C=O) groups excluding carboxylic acids is 1. The molecule has 0 aromatic rings. The summed E-state index contributed by atoms with van der Waals surface area (Å²) in [5, 5.41) is 0. The van der Waals surface area contributed by atoms with Crippen molar-refractivity contribution >= 4 is 5.78 Å². The monoisotopic (exact) mass is 226 g/mol. The molecule has 0 aromatic heterocycles. The van der Waals surface area contributed by atoms with Gasteiger partial charge in [0.2, 0.25) is 0 Å². The maximum absolute atomic E-state index is 12.1. The first-order valence-electron chi connectivity index (χ1n) is 6.94. The van der Waals surface area contributed by atoms with Crippen molar-refractivity contribution in [1.29, 1.82) is 0 Å². The van der Waals surface area contributed by atoms with Crippen molar-refractivity contribution < 1.29 is 9.53 Å². The SMILES string of the molecule is CCCCCCC(CC)C(=O)[C@H]1CCCO1. The van der Waals surface area contributed by atoms with E-state index in [0.717, 1.165) is 32.3 Å². The van der Waals surface area contributed by atoms with Gasteiger partial charge in [-0.3, -0.25) is 4.79 Å².